The Bertz CT molecular complexity index is 200. The van der Waals surface area contributed by atoms with Gasteiger partial charge in [-0.05, 0) is 32.2 Å². The van der Waals surface area contributed by atoms with Crippen molar-refractivity contribution >= 4 is 0 Å². The summed E-state index contributed by atoms with van der Waals surface area (Å²) in [5.74, 6) is 0. The minimum absolute atomic E-state index is 0.162. The second-order valence-corrected chi connectivity index (χ2v) is 4.68. The molecule has 0 aromatic rings. The zero-order valence-electron chi connectivity index (χ0n) is 9.45. The molecule has 0 spiro atoms. The van der Waals surface area contributed by atoms with Crippen molar-refractivity contribution in [2.75, 3.05) is 13.1 Å². The number of rotatable bonds is 6. The van der Waals surface area contributed by atoms with E-state index in [4.69, 9.17) is 0 Å². The van der Waals surface area contributed by atoms with E-state index in [0.717, 1.165) is 25.7 Å². The molecule has 96 valence electrons. The lowest BCUT2D eigenvalue weighted by Crippen LogP contribution is -2.38. The number of hydrogen-bond acceptors (Lipinski definition) is 2. The van der Waals surface area contributed by atoms with Gasteiger partial charge in [-0.3, -0.25) is 0 Å². The molecule has 0 heterocycles. The molecule has 0 aliphatic heterocycles. The third-order valence-electron chi connectivity index (χ3n) is 3.05. The number of aliphatic hydroxyl groups is 1. The van der Waals surface area contributed by atoms with Crippen molar-refractivity contribution in [1.82, 2.24) is 5.32 Å². The maximum Gasteiger partial charge on any atom is 0.389 e. The molecule has 2 nitrogen and oxygen atoms in total. The van der Waals surface area contributed by atoms with E-state index >= 15 is 0 Å². The van der Waals surface area contributed by atoms with Gasteiger partial charge in [-0.15, -0.1) is 0 Å². The van der Waals surface area contributed by atoms with E-state index in [-0.39, 0.29) is 6.42 Å². The minimum Gasteiger partial charge on any atom is -0.389 e. The van der Waals surface area contributed by atoms with Gasteiger partial charge in [-0.1, -0.05) is 12.8 Å². The summed E-state index contributed by atoms with van der Waals surface area (Å²) in [5, 5.41) is 13.0. The standard InChI is InChI=1S/C11H20F3NO/c12-11(13,14)7-3-4-8-15-9-10(16)5-1-2-6-10/h15-16H,1-9H2. The van der Waals surface area contributed by atoms with Gasteiger partial charge >= 0.3 is 6.18 Å². The van der Waals surface area contributed by atoms with Crippen LogP contribution in [-0.2, 0) is 0 Å². The molecule has 0 aromatic carbocycles. The highest BCUT2D eigenvalue weighted by molar-refractivity contribution is 4.86. The van der Waals surface area contributed by atoms with Crippen LogP contribution in [-0.4, -0.2) is 30.0 Å². The predicted molar refractivity (Wildman–Crippen MR) is 56.2 cm³/mol. The predicted octanol–water partition coefficient (Wildman–Crippen LogP) is 2.61. The van der Waals surface area contributed by atoms with Crippen LogP contribution < -0.4 is 5.32 Å². The smallest absolute Gasteiger partial charge is 0.389 e. The summed E-state index contributed by atoms with van der Waals surface area (Å²) in [4.78, 5) is 0. The monoisotopic (exact) mass is 239 g/mol. The van der Waals surface area contributed by atoms with Gasteiger partial charge < -0.3 is 10.4 Å². The van der Waals surface area contributed by atoms with E-state index in [0.29, 0.717) is 19.5 Å². The Morgan fingerprint density at radius 3 is 2.31 bits per heavy atom. The number of alkyl halides is 3. The van der Waals surface area contributed by atoms with Gasteiger partial charge in [0.25, 0.3) is 0 Å². The number of halogens is 3. The fourth-order valence-electron chi connectivity index (χ4n) is 2.11. The topological polar surface area (TPSA) is 32.3 Å². The molecule has 16 heavy (non-hydrogen) atoms. The van der Waals surface area contributed by atoms with Gasteiger partial charge in [0, 0.05) is 13.0 Å². The second-order valence-electron chi connectivity index (χ2n) is 4.68. The lowest BCUT2D eigenvalue weighted by atomic mass is 10.0. The summed E-state index contributed by atoms with van der Waals surface area (Å²) in [5.41, 5.74) is -0.607. The first kappa shape index (κ1) is 13.8. The van der Waals surface area contributed by atoms with Gasteiger partial charge in [0.05, 0.1) is 5.60 Å². The van der Waals surface area contributed by atoms with E-state index in [1.54, 1.807) is 0 Å². The lowest BCUT2D eigenvalue weighted by Gasteiger charge is -2.22. The SMILES string of the molecule is OC1(CNCCCCC(F)(F)F)CCCC1. The van der Waals surface area contributed by atoms with E-state index < -0.39 is 18.2 Å². The van der Waals surface area contributed by atoms with Crippen LogP contribution in [0, 0.1) is 0 Å². The number of hydrogen-bond donors (Lipinski definition) is 2. The molecule has 1 fully saturated rings. The van der Waals surface area contributed by atoms with Crippen LogP contribution in [0.5, 0.6) is 0 Å². The zero-order chi connectivity index (χ0) is 12.1. The third kappa shape index (κ3) is 5.70. The Morgan fingerprint density at radius 2 is 1.75 bits per heavy atom. The highest BCUT2D eigenvalue weighted by Crippen LogP contribution is 2.28. The molecule has 0 bridgehead atoms. The molecule has 0 saturated heterocycles. The van der Waals surface area contributed by atoms with Crippen molar-refractivity contribution in [2.45, 2.75) is 56.7 Å². The van der Waals surface area contributed by atoms with E-state index in [9.17, 15) is 18.3 Å². The Balaban J connectivity index is 1.96. The maximum atomic E-state index is 11.8. The molecule has 1 aliphatic carbocycles. The van der Waals surface area contributed by atoms with Crippen LogP contribution in [0.2, 0.25) is 0 Å². The van der Waals surface area contributed by atoms with Crippen molar-refractivity contribution in [1.29, 1.82) is 0 Å². The van der Waals surface area contributed by atoms with Gasteiger partial charge in [0.2, 0.25) is 0 Å². The Labute approximate surface area is 94.2 Å². The summed E-state index contributed by atoms with van der Waals surface area (Å²) >= 11 is 0. The first-order chi connectivity index (χ1) is 7.41. The zero-order valence-corrected chi connectivity index (χ0v) is 9.45. The molecule has 1 saturated carbocycles. The molecule has 2 N–H and O–H groups in total. The summed E-state index contributed by atoms with van der Waals surface area (Å²) in [6, 6.07) is 0. The molecule has 0 aromatic heterocycles. The second kappa shape index (κ2) is 5.87. The maximum absolute atomic E-state index is 11.8. The Hall–Kier alpha value is -0.290. The van der Waals surface area contributed by atoms with Crippen LogP contribution >= 0.6 is 0 Å². The molecule has 0 amide bonds. The Kier molecular flexibility index (Phi) is 5.05. The van der Waals surface area contributed by atoms with Crippen molar-refractivity contribution in [2.24, 2.45) is 0 Å². The van der Waals surface area contributed by atoms with Crippen molar-refractivity contribution in [3.05, 3.63) is 0 Å². The summed E-state index contributed by atoms with van der Waals surface area (Å²) in [7, 11) is 0. The average molecular weight is 239 g/mol. The number of unbranched alkanes of at least 4 members (excludes halogenated alkanes) is 1. The average Bonchev–Trinajstić information content (AvgIpc) is 2.57. The summed E-state index contributed by atoms with van der Waals surface area (Å²) in [6.07, 6.45) is -0.364. The molecule has 0 unspecified atom stereocenters. The van der Waals surface area contributed by atoms with Crippen molar-refractivity contribution < 1.29 is 18.3 Å². The van der Waals surface area contributed by atoms with Crippen LogP contribution in [0.3, 0.4) is 0 Å². The fourth-order valence-corrected chi connectivity index (χ4v) is 2.11. The normalized spacial score (nSPS) is 20.2. The molecule has 0 atom stereocenters. The van der Waals surface area contributed by atoms with E-state index in [1.807, 2.05) is 0 Å². The van der Waals surface area contributed by atoms with Crippen molar-refractivity contribution in [3.8, 4) is 0 Å². The highest BCUT2D eigenvalue weighted by Gasteiger charge is 2.30. The van der Waals surface area contributed by atoms with Crippen LogP contribution in [0.1, 0.15) is 44.9 Å². The van der Waals surface area contributed by atoms with Crippen LogP contribution in [0.4, 0.5) is 13.2 Å². The summed E-state index contributed by atoms with van der Waals surface area (Å²) in [6.45, 7) is 1.07. The molecular formula is C11H20F3NO. The number of nitrogens with one attached hydrogen (secondary N) is 1. The van der Waals surface area contributed by atoms with Gasteiger partial charge in [-0.2, -0.15) is 13.2 Å². The first-order valence-electron chi connectivity index (χ1n) is 5.91. The minimum atomic E-state index is -4.04. The summed E-state index contributed by atoms with van der Waals surface area (Å²) < 4.78 is 35.4. The lowest BCUT2D eigenvalue weighted by molar-refractivity contribution is -0.135. The van der Waals surface area contributed by atoms with Gasteiger partial charge in [-0.25, -0.2) is 0 Å². The van der Waals surface area contributed by atoms with Gasteiger partial charge in [0.1, 0.15) is 0 Å². The molecule has 5 heteroatoms. The largest absolute Gasteiger partial charge is 0.389 e. The van der Waals surface area contributed by atoms with Crippen LogP contribution in [0.15, 0.2) is 0 Å². The molecular weight excluding hydrogens is 219 g/mol. The van der Waals surface area contributed by atoms with Crippen LogP contribution in [0.25, 0.3) is 0 Å². The highest BCUT2D eigenvalue weighted by atomic mass is 19.4. The molecule has 1 rings (SSSR count). The van der Waals surface area contributed by atoms with Crippen molar-refractivity contribution in [3.63, 3.8) is 0 Å². The van der Waals surface area contributed by atoms with E-state index in [1.165, 1.54) is 0 Å². The fraction of sp³-hybridized carbons (Fsp3) is 1.00. The molecule has 1 aliphatic rings. The molecule has 0 radical (unpaired) electrons. The first-order valence-corrected chi connectivity index (χ1v) is 5.91. The third-order valence-corrected chi connectivity index (χ3v) is 3.05. The Morgan fingerprint density at radius 1 is 1.12 bits per heavy atom. The quantitative estimate of drug-likeness (QED) is 0.698. The van der Waals surface area contributed by atoms with Gasteiger partial charge in [0.15, 0.2) is 0 Å². The van der Waals surface area contributed by atoms with E-state index in [2.05, 4.69) is 5.32 Å².